The largest absolute Gasteiger partial charge is 0.478 e. The zero-order valence-electron chi connectivity index (χ0n) is 9.11. The summed E-state index contributed by atoms with van der Waals surface area (Å²) >= 11 is 5.78. The fourth-order valence-corrected chi connectivity index (χ4v) is 1.64. The fraction of sp³-hybridized carbons (Fsp3) is 0. The molecule has 0 saturated heterocycles. The second kappa shape index (κ2) is 4.93. The predicted molar refractivity (Wildman–Crippen MR) is 67.2 cm³/mol. The molecule has 0 fully saturated rings. The fourth-order valence-electron chi connectivity index (χ4n) is 1.47. The number of amides is 1. The summed E-state index contributed by atoms with van der Waals surface area (Å²) in [6.07, 6.45) is 1.60. The molecular weight excluding hydrogens is 256 g/mol. The number of nitrogens with one attached hydrogen (secondary N) is 2. The van der Waals surface area contributed by atoms with Crippen molar-refractivity contribution in [2.75, 3.05) is 5.32 Å². The average molecular weight is 265 g/mol. The number of halogens is 1. The standard InChI is InChI=1S/C12H9ClN2O3/c13-7-3-4-8(12(17)18)10(6-7)15-11(16)9-2-1-5-14-9/h1-6,14H,(H,15,16)(H,17,18). The van der Waals surface area contributed by atoms with Gasteiger partial charge in [-0.1, -0.05) is 11.6 Å². The molecule has 2 aromatic rings. The van der Waals surface area contributed by atoms with Gasteiger partial charge in [-0.3, -0.25) is 4.79 Å². The number of anilines is 1. The summed E-state index contributed by atoms with van der Waals surface area (Å²) in [5.41, 5.74) is 0.486. The van der Waals surface area contributed by atoms with Crippen LogP contribution in [0.1, 0.15) is 20.8 Å². The Morgan fingerprint density at radius 2 is 2.06 bits per heavy atom. The van der Waals surface area contributed by atoms with Crippen molar-refractivity contribution < 1.29 is 14.7 Å². The van der Waals surface area contributed by atoms with E-state index in [1.165, 1.54) is 18.2 Å². The van der Waals surface area contributed by atoms with Crippen LogP contribution in [0.15, 0.2) is 36.5 Å². The molecule has 0 spiro atoms. The van der Waals surface area contributed by atoms with Crippen molar-refractivity contribution in [3.63, 3.8) is 0 Å². The quantitative estimate of drug-likeness (QED) is 0.797. The Hall–Kier alpha value is -2.27. The minimum atomic E-state index is -1.13. The smallest absolute Gasteiger partial charge is 0.337 e. The van der Waals surface area contributed by atoms with Gasteiger partial charge in [0.25, 0.3) is 5.91 Å². The molecule has 0 radical (unpaired) electrons. The summed E-state index contributed by atoms with van der Waals surface area (Å²) in [5, 5.41) is 11.8. The van der Waals surface area contributed by atoms with Crippen molar-refractivity contribution in [2.45, 2.75) is 0 Å². The van der Waals surface area contributed by atoms with Gasteiger partial charge in [-0.25, -0.2) is 4.79 Å². The van der Waals surface area contributed by atoms with Crippen LogP contribution in [0.2, 0.25) is 5.02 Å². The Kier molecular flexibility index (Phi) is 3.34. The van der Waals surface area contributed by atoms with Crippen LogP contribution >= 0.6 is 11.6 Å². The molecule has 1 aromatic carbocycles. The number of hydrogen-bond acceptors (Lipinski definition) is 2. The Bertz CT molecular complexity index is 593. The van der Waals surface area contributed by atoms with Crippen LogP contribution < -0.4 is 5.32 Å². The molecule has 0 atom stereocenters. The minimum absolute atomic E-state index is 0.0145. The van der Waals surface area contributed by atoms with Crippen LogP contribution in [0.5, 0.6) is 0 Å². The Morgan fingerprint density at radius 3 is 2.67 bits per heavy atom. The summed E-state index contributed by atoms with van der Waals surface area (Å²) in [4.78, 5) is 25.5. The molecule has 0 bridgehead atoms. The molecule has 2 rings (SSSR count). The molecule has 18 heavy (non-hydrogen) atoms. The molecule has 0 aliphatic carbocycles. The summed E-state index contributed by atoms with van der Waals surface area (Å²) in [5.74, 6) is -1.56. The molecule has 0 unspecified atom stereocenters. The van der Waals surface area contributed by atoms with Gasteiger partial charge < -0.3 is 15.4 Å². The third-order valence-corrected chi connectivity index (χ3v) is 2.54. The van der Waals surface area contributed by atoms with Gasteiger partial charge in [0, 0.05) is 11.2 Å². The number of aromatic nitrogens is 1. The van der Waals surface area contributed by atoms with E-state index < -0.39 is 11.9 Å². The molecule has 1 aromatic heterocycles. The van der Waals surface area contributed by atoms with Gasteiger partial charge in [-0.15, -0.1) is 0 Å². The monoisotopic (exact) mass is 264 g/mol. The summed E-state index contributed by atoms with van der Waals surface area (Å²) < 4.78 is 0. The first-order valence-electron chi connectivity index (χ1n) is 5.05. The van der Waals surface area contributed by atoms with E-state index in [0.29, 0.717) is 10.7 Å². The Balaban J connectivity index is 2.31. The molecule has 1 heterocycles. The van der Waals surface area contributed by atoms with Crippen molar-refractivity contribution in [3.8, 4) is 0 Å². The first kappa shape index (κ1) is 12.2. The zero-order chi connectivity index (χ0) is 13.1. The summed E-state index contributed by atoms with van der Waals surface area (Å²) in [6.45, 7) is 0. The molecule has 92 valence electrons. The van der Waals surface area contributed by atoms with Crippen LogP contribution in [0, 0.1) is 0 Å². The molecule has 6 heteroatoms. The summed E-state index contributed by atoms with van der Waals surface area (Å²) in [6, 6.07) is 7.45. The number of benzene rings is 1. The molecular formula is C12H9ClN2O3. The Labute approximate surface area is 107 Å². The number of aromatic carboxylic acids is 1. The van der Waals surface area contributed by atoms with E-state index in [0.717, 1.165) is 0 Å². The lowest BCUT2D eigenvalue weighted by atomic mass is 10.1. The van der Waals surface area contributed by atoms with Gasteiger partial charge in [-0.05, 0) is 30.3 Å². The maximum atomic E-state index is 11.8. The first-order valence-corrected chi connectivity index (χ1v) is 5.43. The number of carboxylic acid groups (broad SMARTS) is 1. The van der Waals surface area contributed by atoms with Gasteiger partial charge in [0.05, 0.1) is 11.3 Å². The highest BCUT2D eigenvalue weighted by molar-refractivity contribution is 6.31. The minimum Gasteiger partial charge on any atom is -0.478 e. The Morgan fingerprint density at radius 1 is 1.28 bits per heavy atom. The van der Waals surface area contributed by atoms with Gasteiger partial charge in [-0.2, -0.15) is 0 Å². The topological polar surface area (TPSA) is 82.2 Å². The highest BCUT2D eigenvalue weighted by atomic mass is 35.5. The number of aromatic amines is 1. The van der Waals surface area contributed by atoms with Crippen LogP contribution in [0.3, 0.4) is 0 Å². The van der Waals surface area contributed by atoms with Gasteiger partial charge in [0.2, 0.25) is 0 Å². The highest BCUT2D eigenvalue weighted by Crippen LogP contribution is 2.21. The number of carbonyl (C=O) groups excluding carboxylic acids is 1. The average Bonchev–Trinajstić information content (AvgIpc) is 2.81. The third kappa shape index (κ3) is 2.52. The first-order chi connectivity index (χ1) is 8.58. The van der Waals surface area contributed by atoms with Crippen LogP contribution in [-0.2, 0) is 0 Å². The van der Waals surface area contributed by atoms with E-state index in [-0.39, 0.29) is 11.3 Å². The maximum absolute atomic E-state index is 11.8. The molecule has 1 amide bonds. The number of carbonyl (C=O) groups is 2. The van der Waals surface area contributed by atoms with Crippen molar-refractivity contribution in [3.05, 3.63) is 52.8 Å². The SMILES string of the molecule is O=C(Nc1cc(Cl)ccc1C(=O)O)c1ccc[nH]1. The van der Waals surface area contributed by atoms with Crippen LogP contribution in [0.4, 0.5) is 5.69 Å². The number of H-pyrrole nitrogens is 1. The lowest BCUT2D eigenvalue weighted by Crippen LogP contribution is -2.15. The number of hydrogen-bond donors (Lipinski definition) is 3. The van der Waals surface area contributed by atoms with Gasteiger partial charge >= 0.3 is 5.97 Å². The molecule has 0 aliphatic heterocycles. The van der Waals surface area contributed by atoms with E-state index >= 15 is 0 Å². The lowest BCUT2D eigenvalue weighted by Gasteiger charge is -2.08. The van der Waals surface area contributed by atoms with E-state index in [2.05, 4.69) is 10.3 Å². The number of carboxylic acids is 1. The van der Waals surface area contributed by atoms with E-state index in [1.807, 2.05) is 0 Å². The van der Waals surface area contributed by atoms with E-state index in [4.69, 9.17) is 16.7 Å². The lowest BCUT2D eigenvalue weighted by molar-refractivity contribution is 0.0698. The second-order valence-corrected chi connectivity index (χ2v) is 3.97. The maximum Gasteiger partial charge on any atom is 0.337 e. The van der Waals surface area contributed by atoms with Crippen molar-refractivity contribution >= 4 is 29.2 Å². The van der Waals surface area contributed by atoms with Crippen molar-refractivity contribution in [1.82, 2.24) is 4.98 Å². The molecule has 5 nitrogen and oxygen atoms in total. The van der Waals surface area contributed by atoms with Crippen molar-refractivity contribution in [1.29, 1.82) is 0 Å². The zero-order valence-corrected chi connectivity index (χ0v) is 9.86. The normalized spacial score (nSPS) is 10.1. The second-order valence-electron chi connectivity index (χ2n) is 3.53. The van der Waals surface area contributed by atoms with Crippen LogP contribution in [0.25, 0.3) is 0 Å². The van der Waals surface area contributed by atoms with Crippen molar-refractivity contribution in [2.24, 2.45) is 0 Å². The van der Waals surface area contributed by atoms with E-state index in [1.54, 1.807) is 18.3 Å². The van der Waals surface area contributed by atoms with E-state index in [9.17, 15) is 9.59 Å². The van der Waals surface area contributed by atoms with Gasteiger partial charge in [0.15, 0.2) is 0 Å². The summed E-state index contributed by atoms with van der Waals surface area (Å²) in [7, 11) is 0. The third-order valence-electron chi connectivity index (χ3n) is 2.30. The molecule has 3 N–H and O–H groups in total. The van der Waals surface area contributed by atoms with Gasteiger partial charge in [0.1, 0.15) is 5.69 Å². The highest BCUT2D eigenvalue weighted by Gasteiger charge is 2.14. The number of rotatable bonds is 3. The molecule has 0 saturated carbocycles. The van der Waals surface area contributed by atoms with Crippen LogP contribution in [-0.4, -0.2) is 22.0 Å². The molecule has 0 aliphatic rings. The predicted octanol–water partition coefficient (Wildman–Crippen LogP) is 2.62.